The second-order valence-corrected chi connectivity index (χ2v) is 18.9. The van der Waals surface area contributed by atoms with Crippen molar-refractivity contribution in [2.24, 2.45) is 5.92 Å². The average Bonchev–Trinajstić information content (AvgIpc) is 3.85. The molecule has 0 N–H and O–H groups in total. The quantitative estimate of drug-likeness (QED) is 0.198. The minimum absolute atomic E-state index is 0.492. The normalized spacial score (nSPS) is 24.0. The molecule has 0 fully saturated rings. The van der Waals surface area contributed by atoms with E-state index in [1.165, 1.54) is 57.6 Å². The number of thioether (sulfide) groups is 1. The van der Waals surface area contributed by atoms with E-state index in [0.29, 0.717) is 17.1 Å². The highest BCUT2D eigenvalue weighted by Gasteiger charge is 2.47. The van der Waals surface area contributed by atoms with Gasteiger partial charge in [0, 0.05) is 56.0 Å². The van der Waals surface area contributed by atoms with Crippen molar-refractivity contribution in [2.75, 3.05) is 4.90 Å². The summed E-state index contributed by atoms with van der Waals surface area (Å²) in [4.78, 5) is 4.26. The lowest BCUT2D eigenvalue weighted by molar-refractivity contribution is 0.570. The zero-order chi connectivity index (χ0) is 33.6. The van der Waals surface area contributed by atoms with Gasteiger partial charge in [0.15, 0.2) is 0 Å². The van der Waals surface area contributed by atoms with Gasteiger partial charge in [-0.05, 0) is 110 Å². The molecule has 5 aliphatic carbocycles. The first kappa shape index (κ1) is 30.4. The Morgan fingerprint density at radius 1 is 0.863 bits per heavy atom. The zero-order valence-electron chi connectivity index (χ0n) is 29.3. The maximum Gasteiger partial charge on any atom is 0.383 e. The number of fused-ring (bicyclic) bond motifs is 10. The smallest absolute Gasteiger partial charge is 0.383 e. The molecule has 4 heteroatoms. The van der Waals surface area contributed by atoms with Crippen LogP contribution < -0.4 is 10.1 Å². The van der Waals surface area contributed by atoms with E-state index in [-0.39, 0.29) is 0 Å². The van der Waals surface area contributed by atoms with Crippen molar-refractivity contribution in [1.29, 1.82) is 0 Å². The highest BCUT2D eigenvalue weighted by atomic mass is 32.2. The van der Waals surface area contributed by atoms with Crippen LogP contribution in [0, 0.1) is 5.92 Å². The summed E-state index contributed by atoms with van der Waals surface area (Å²) in [6.45, 7) is 2.55. The van der Waals surface area contributed by atoms with Crippen molar-refractivity contribution >= 4 is 59.6 Å². The zero-order valence-corrected chi connectivity index (χ0v) is 31.1. The topological polar surface area (TPSA) is 16.4 Å². The molecule has 250 valence electrons. The van der Waals surface area contributed by atoms with Gasteiger partial charge in [-0.25, -0.2) is 0 Å². The van der Waals surface area contributed by atoms with E-state index in [2.05, 4.69) is 132 Å². The summed E-state index contributed by atoms with van der Waals surface area (Å²) in [5, 5.41) is 5.20. The minimum atomic E-state index is -0.759. The molecule has 51 heavy (non-hydrogen) atoms. The number of hydrogen-bond donors (Lipinski definition) is 0. The average molecular weight is 697 g/mol. The monoisotopic (exact) mass is 696 g/mol. The van der Waals surface area contributed by atoms with Gasteiger partial charge in [0.1, 0.15) is 16.5 Å². The molecule has 3 unspecified atom stereocenters. The lowest BCUT2D eigenvalue weighted by atomic mass is 9.78. The highest BCUT2D eigenvalue weighted by Crippen LogP contribution is 2.54. The summed E-state index contributed by atoms with van der Waals surface area (Å²) in [5.74, 6) is 2.12. The van der Waals surface area contributed by atoms with Gasteiger partial charge in [-0.3, -0.25) is 0 Å². The Bertz CT molecular complexity index is 2380. The van der Waals surface area contributed by atoms with Gasteiger partial charge in [0.2, 0.25) is 0 Å². The second kappa shape index (κ2) is 11.9. The van der Waals surface area contributed by atoms with E-state index in [1.54, 1.807) is 32.0 Å². The Morgan fingerprint density at radius 2 is 1.80 bits per heavy atom. The predicted molar refractivity (Wildman–Crippen MR) is 217 cm³/mol. The largest absolute Gasteiger partial charge is 0.456 e. The first-order chi connectivity index (χ1) is 25.2. The molecular weight excluding hydrogens is 655 g/mol. The number of nitrogens with zero attached hydrogens (tertiary/aromatic N) is 1. The lowest BCUT2D eigenvalue weighted by Crippen LogP contribution is -2.28. The van der Waals surface area contributed by atoms with Crippen molar-refractivity contribution in [1.82, 2.24) is 0 Å². The van der Waals surface area contributed by atoms with Crippen molar-refractivity contribution < 1.29 is 4.42 Å². The van der Waals surface area contributed by atoms with Crippen molar-refractivity contribution in [3.8, 4) is 0 Å². The molecule has 3 atom stereocenters. The van der Waals surface area contributed by atoms with Gasteiger partial charge in [-0.15, -0.1) is 11.8 Å². The molecule has 11 rings (SSSR count). The molecule has 0 radical (unpaired) electrons. The number of rotatable bonds is 4. The predicted octanol–water partition coefficient (Wildman–Crippen LogP) is 11.6. The third kappa shape index (κ3) is 4.68. The summed E-state index contributed by atoms with van der Waals surface area (Å²) in [7, 11) is -0.759. The van der Waals surface area contributed by atoms with Crippen molar-refractivity contribution in [2.45, 2.75) is 80.4 Å². The van der Waals surface area contributed by atoms with Crippen LogP contribution in [0.5, 0.6) is 0 Å². The fourth-order valence-corrected chi connectivity index (χ4v) is 14.2. The third-order valence-electron chi connectivity index (χ3n) is 12.7. The van der Waals surface area contributed by atoms with Crippen LogP contribution in [0.25, 0.3) is 28.2 Å². The molecule has 1 aromatic heterocycles. The number of furan rings is 1. The van der Waals surface area contributed by atoms with E-state index >= 15 is 0 Å². The fourth-order valence-electron chi connectivity index (χ4n) is 10.2. The van der Waals surface area contributed by atoms with Crippen LogP contribution in [-0.2, 0) is 12.8 Å². The van der Waals surface area contributed by atoms with Crippen LogP contribution in [-0.4, -0.2) is 14.0 Å². The molecule has 7 aliphatic rings. The molecule has 0 bridgehead atoms. The molecule has 3 heterocycles. The van der Waals surface area contributed by atoms with Gasteiger partial charge in [0.25, 0.3) is 0 Å². The van der Waals surface area contributed by atoms with Crippen LogP contribution >= 0.6 is 11.8 Å². The highest BCUT2D eigenvalue weighted by molar-refractivity contribution is 8.00. The summed E-state index contributed by atoms with van der Waals surface area (Å²) < 4.78 is 6.53. The molecule has 2 nitrogen and oxygen atoms in total. The van der Waals surface area contributed by atoms with Crippen LogP contribution in [0.15, 0.2) is 129 Å². The van der Waals surface area contributed by atoms with Gasteiger partial charge >= 0.3 is 8.80 Å². The summed E-state index contributed by atoms with van der Waals surface area (Å²) in [5.41, 5.74) is 15.9. The molecule has 0 saturated carbocycles. The molecule has 4 aromatic rings. The number of hydrogen-bond acceptors (Lipinski definition) is 3. The standard InChI is InChI=1S/C47H42NOSSi/c1-51-43-26-24-32(28-38(43)46-44(51)27-25-36-35-13-5-7-19-42(35)50-47(36)46)48(39-16-9-18-41-45(39)37-14-4-6-17-40(37)49-41)31-22-20-30(21-23-31)34-15-8-11-29-10-2-3-12-33(29)34/h2-3,5-7,9-10,12-13,15-19,22,25,27-28,30,35,42H,4,8,11,14,20-21,23-24,26H2,1H3/q+1. The SMILES string of the molecule is C[Si+]1C2=C(C=C(N(C3=CCC(C4=CCCc5ccccc54)CC3)c3cccc4oc5c(c34)CCC=C5)CC2)c2c1ccc1c2SC2C=CC=CC12. The summed E-state index contributed by atoms with van der Waals surface area (Å²) in [6.07, 6.45) is 31.6. The van der Waals surface area contributed by atoms with E-state index in [0.717, 1.165) is 56.3 Å². The molecular formula is C47H42NOSSi+. The number of aryl methyl sites for hydroxylation is 2. The molecule has 0 spiro atoms. The third-order valence-corrected chi connectivity index (χ3v) is 16.7. The first-order valence-corrected chi connectivity index (χ1v) is 22.0. The Kier molecular flexibility index (Phi) is 7.09. The molecule has 0 amide bonds. The van der Waals surface area contributed by atoms with Crippen LogP contribution in [0.3, 0.4) is 0 Å². The van der Waals surface area contributed by atoms with Crippen LogP contribution in [0.2, 0.25) is 6.55 Å². The van der Waals surface area contributed by atoms with Gasteiger partial charge < -0.3 is 9.32 Å². The van der Waals surface area contributed by atoms with Crippen molar-refractivity contribution in [3.05, 3.63) is 153 Å². The minimum Gasteiger partial charge on any atom is -0.456 e. The van der Waals surface area contributed by atoms with E-state index in [1.807, 2.05) is 0 Å². The van der Waals surface area contributed by atoms with E-state index in [9.17, 15) is 0 Å². The summed E-state index contributed by atoms with van der Waals surface area (Å²) in [6, 6.07) is 20.9. The van der Waals surface area contributed by atoms with Crippen LogP contribution in [0.4, 0.5) is 5.69 Å². The number of allylic oxidation sites excluding steroid dienone is 12. The first-order valence-electron chi connectivity index (χ1n) is 19.2. The molecule has 3 aromatic carbocycles. The van der Waals surface area contributed by atoms with Crippen molar-refractivity contribution in [3.63, 3.8) is 0 Å². The number of benzene rings is 3. The van der Waals surface area contributed by atoms with Gasteiger partial charge in [0.05, 0.1) is 17.4 Å². The van der Waals surface area contributed by atoms with Gasteiger partial charge in [-0.1, -0.05) is 78.9 Å². The Hall–Kier alpha value is -4.25. The molecule has 0 saturated heterocycles. The van der Waals surface area contributed by atoms with E-state index in [4.69, 9.17) is 4.42 Å². The Morgan fingerprint density at radius 3 is 2.75 bits per heavy atom. The van der Waals surface area contributed by atoms with Crippen LogP contribution in [0.1, 0.15) is 84.4 Å². The lowest BCUT2D eigenvalue weighted by Gasteiger charge is -2.36. The fraction of sp³-hybridized carbons (Fsp3) is 0.277. The summed E-state index contributed by atoms with van der Waals surface area (Å²) >= 11 is 2.11. The Balaban J connectivity index is 1.04. The molecule has 2 aliphatic heterocycles. The van der Waals surface area contributed by atoms with Gasteiger partial charge in [-0.2, -0.15) is 0 Å². The Labute approximate surface area is 307 Å². The second-order valence-electron chi connectivity index (χ2n) is 15.3. The number of anilines is 1. The maximum absolute atomic E-state index is 6.53. The van der Waals surface area contributed by atoms with E-state index < -0.39 is 8.80 Å². The maximum atomic E-state index is 6.53.